The fraction of sp³-hybridized carbons (Fsp3) is 0.0769. The van der Waals surface area contributed by atoms with Gasteiger partial charge in [-0.15, -0.1) is 0 Å². The molecule has 0 bridgehead atoms. The molecule has 0 fully saturated rings. The zero-order valence-corrected chi connectivity index (χ0v) is 10.2. The average molecular weight is 263 g/mol. The summed E-state index contributed by atoms with van der Waals surface area (Å²) in [7, 11) is 0. The van der Waals surface area contributed by atoms with Gasteiger partial charge in [0.05, 0.1) is 0 Å². The SMILES string of the molecule is Cc1cc(-c2cc(Cl)ccc2F)c(C#N)c(=O)[nH]1. The molecule has 0 unspecified atom stereocenters. The minimum atomic E-state index is -0.535. The first-order valence-corrected chi connectivity index (χ1v) is 5.50. The van der Waals surface area contributed by atoms with Crippen LogP contribution in [0.15, 0.2) is 29.1 Å². The van der Waals surface area contributed by atoms with Gasteiger partial charge in [-0.25, -0.2) is 4.39 Å². The maximum absolute atomic E-state index is 13.8. The Labute approximate surface area is 107 Å². The highest BCUT2D eigenvalue weighted by Gasteiger charge is 2.14. The molecule has 0 spiro atoms. The molecule has 90 valence electrons. The van der Waals surface area contributed by atoms with E-state index in [4.69, 9.17) is 16.9 Å². The number of aromatic nitrogens is 1. The molecule has 0 saturated heterocycles. The van der Waals surface area contributed by atoms with E-state index in [1.807, 2.05) is 0 Å². The molecule has 1 aromatic carbocycles. The standard InChI is InChI=1S/C13H8ClFN2O/c1-7-4-9(11(6-16)13(18)17-7)10-5-8(14)2-3-12(10)15/h2-5H,1H3,(H,17,18). The van der Waals surface area contributed by atoms with Crippen LogP contribution in [0.25, 0.3) is 11.1 Å². The molecule has 1 aromatic heterocycles. The Morgan fingerprint density at radius 1 is 1.33 bits per heavy atom. The van der Waals surface area contributed by atoms with Crippen LogP contribution in [0, 0.1) is 24.1 Å². The lowest BCUT2D eigenvalue weighted by Gasteiger charge is -2.07. The molecule has 5 heteroatoms. The van der Waals surface area contributed by atoms with Gasteiger partial charge < -0.3 is 4.98 Å². The highest BCUT2D eigenvalue weighted by molar-refractivity contribution is 6.30. The zero-order chi connectivity index (χ0) is 13.3. The van der Waals surface area contributed by atoms with Gasteiger partial charge in [0, 0.05) is 21.8 Å². The van der Waals surface area contributed by atoms with Crippen molar-refractivity contribution in [1.82, 2.24) is 4.98 Å². The van der Waals surface area contributed by atoms with Crippen molar-refractivity contribution in [1.29, 1.82) is 5.26 Å². The minimum absolute atomic E-state index is 0.123. The fourth-order valence-corrected chi connectivity index (χ4v) is 1.89. The second-order valence-corrected chi connectivity index (χ2v) is 4.24. The van der Waals surface area contributed by atoms with Crippen molar-refractivity contribution >= 4 is 11.6 Å². The van der Waals surface area contributed by atoms with Gasteiger partial charge in [-0.1, -0.05) is 11.6 Å². The second-order valence-electron chi connectivity index (χ2n) is 3.81. The van der Waals surface area contributed by atoms with E-state index in [1.165, 1.54) is 18.2 Å². The van der Waals surface area contributed by atoms with Crippen LogP contribution in [0.2, 0.25) is 5.02 Å². The van der Waals surface area contributed by atoms with E-state index in [1.54, 1.807) is 19.1 Å². The number of aryl methyl sites for hydroxylation is 1. The first-order valence-electron chi connectivity index (χ1n) is 5.12. The van der Waals surface area contributed by atoms with Crippen LogP contribution < -0.4 is 5.56 Å². The number of H-pyrrole nitrogens is 1. The smallest absolute Gasteiger partial charge is 0.266 e. The summed E-state index contributed by atoms with van der Waals surface area (Å²) in [6, 6.07) is 7.34. The predicted molar refractivity (Wildman–Crippen MR) is 66.9 cm³/mol. The monoisotopic (exact) mass is 262 g/mol. The first-order chi connectivity index (χ1) is 8.52. The van der Waals surface area contributed by atoms with Gasteiger partial charge in [-0.2, -0.15) is 5.26 Å². The van der Waals surface area contributed by atoms with Crippen molar-refractivity contribution in [2.75, 3.05) is 0 Å². The number of rotatable bonds is 1. The van der Waals surface area contributed by atoms with Crippen molar-refractivity contribution in [3.63, 3.8) is 0 Å². The predicted octanol–water partition coefficient (Wildman–Crippen LogP) is 3.01. The van der Waals surface area contributed by atoms with Gasteiger partial charge >= 0.3 is 0 Å². The van der Waals surface area contributed by atoms with Crippen LogP contribution >= 0.6 is 11.6 Å². The van der Waals surface area contributed by atoms with E-state index in [0.717, 1.165) is 0 Å². The molecule has 0 atom stereocenters. The Hall–Kier alpha value is -2.12. The highest BCUT2D eigenvalue weighted by Crippen LogP contribution is 2.27. The molecule has 0 saturated carbocycles. The van der Waals surface area contributed by atoms with E-state index in [-0.39, 0.29) is 16.7 Å². The first kappa shape index (κ1) is 12.3. The number of pyridine rings is 1. The van der Waals surface area contributed by atoms with Gasteiger partial charge in [0.1, 0.15) is 17.4 Å². The number of halogens is 2. The molecular weight excluding hydrogens is 255 g/mol. The number of nitriles is 1. The van der Waals surface area contributed by atoms with E-state index in [9.17, 15) is 9.18 Å². The summed E-state index contributed by atoms with van der Waals surface area (Å²) in [5.41, 5.74) is 0.286. The summed E-state index contributed by atoms with van der Waals surface area (Å²) in [5.74, 6) is -0.527. The Balaban J connectivity index is 2.83. The molecule has 0 radical (unpaired) electrons. The average Bonchev–Trinajstić information content (AvgIpc) is 2.31. The molecule has 0 amide bonds. The largest absolute Gasteiger partial charge is 0.325 e. The maximum Gasteiger partial charge on any atom is 0.266 e. The van der Waals surface area contributed by atoms with Crippen LogP contribution in [0.1, 0.15) is 11.3 Å². The summed E-state index contributed by atoms with van der Waals surface area (Å²) in [5, 5.41) is 9.33. The third kappa shape index (κ3) is 2.13. The van der Waals surface area contributed by atoms with Crippen LogP contribution in [0.3, 0.4) is 0 Å². The third-order valence-electron chi connectivity index (χ3n) is 2.50. The second kappa shape index (κ2) is 4.63. The number of nitrogens with zero attached hydrogens (tertiary/aromatic N) is 1. The van der Waals surface area contributed by atoms with Gasteiger partial charge in [0.2, 0.25) is 0 Å². The summed E-state index contributed by atoms with van der Waals surface area (Å²) < 4.78 is 13.8. The number of hydrogen-bond donors (Lipinski definition) is 1. The normalized spacial score (nSPS) is 10.1. The Morgan fingerprint density at radius 2 is 2.06 bits per heavy atom. The highest BCUT2D eigenvalue weighted by atomic mass is 35.5. The summed E-state index contributed by atoms with van der Waals surface area (Å²) in [6.45, 7) is 1.66. The number of benzene rings is 1. The summed E-state index contributed by atoms with van der Waals surface area (Å²) >= 11 is 5.81. The minimum Gasteiger partial charge on any atom is -0.325 e. The van der Waals surface area contributed by atoms with Crippen molar-refractivity contribution in [3.05, 3.63) is 56.7 Å². The van der Waals surface area contributed by atoms with Crippen LogP contribution in [0.5, 0.6) is 0 Å². The molecule has 0 aliphatic heterocycles. The molecular formula is C13H8ClFN2O. The van der Waals surface area contributed by atoms with E-state index in [2.05, 4.69) is 4.98 Å². The van der Waals surface area contributed by atoms with Crippen molar-refractivity contribution in [3.8, 4) is 17.2 Å². The van der Waals surface area contributed by atoms with Crippen molar-refractivity contribution in [2.45, 2.75) is 6.92 Å². The fourth-order valence-electron chi connectivity index (χ4n) is 1.72. The Morgan fingerprint density at radius 3 is 2.72 bits per heavy atom. The third-order valence-corrected chi connectivity index (χ3v) is 2.73. The van der Waals surface area contributed by atoms with Gasteiger partial charge in [-0.05, 0) is 31.2 Å². The van der Waals surface area contributed by atoms with E-state index >= 15 is 0 Å². The molecule has 0 aliphatic rings. The summed E-state index contributed by atoms with van der Waals surface area (Å²) in [6.07, 6.45) is 0. The van der Waals surface area contributed by atoms with Crippen molar-refractivity contribution in [2.24, 2.45) is 0 Å². The molecule has 2 rings (SSSR count). The van der Waals surface area contributed by atoms with Crippen molar-refractivity contribution < 1.29 is 4.39 Å². The van der Waals surface area contributed by atoms with Crippen LogP contribution in [0.4, 0.5) is 4.39 Å². The molecule has 1 N–H and O–H groups in total. The molecule has 18 heavy (non-hydrogen) atoms. The lowest BCUT2D eigenvalue weighted by Crippen LogP contribution is -2.13. The molecule has 0 aliphatic carbocycles. The number of hydrogen-bond acceptors (Lipinski definition) is 2. The van der Waals surface area contributed by atoms with E-state index in [0.29, 0.717) is 10.7 Å². The maximum atomic E-state index is 13.8. The van der Waals surface area contributed by atoms with Gasteiger partial charge in [0.25, 0.3) is 5.56 Å². The number of aromatic amines is 1. The van der Waals surface area contributed by atoms with Gasteiger partial charge in [0.15, 0.2) is 0 Å². The summed E-state index contributed by atoms with van der Waals surface area (Å²) in [4.78, 5) is 14.1. The Kier molecular flexibility index (Phi) is 3.17. The molecule has 2 aromatic rings. The van der Waals surface area contributed by atoms with Gasteiger partial charge in [-0.3, -0.25) is 4.79 Å². The molecule has 1 heterocycles. The van der Waals surface area contributed by atoms with E-state index < -0.39 is 11.4 Å². The lowest BCUT2D eigenvalue weighted by molar-refractivity contribution is 0.631. The number of nitrogens with one attached hydrogen (secondary N) is 1. The van der Waals surface area contributed by atoms with Crippen LogP contribution in [-0.2, 0) is 0 Å². The van der Waals surface area contributed by atoms with Crippen LogP contribution in [-0.4, -0.2) is 4.98 Å². The Bertz CT molecular complexity index is 716. The zero-order valence-electron chi connectivity index (χ0n) is 9.42. The molecule has 3 nitrogen and oxygen atoms in total. The topological polar surface area (TPSA) is 56.6 Å². The lowest BCUT2D eigenvalue weighted by atomic mass is 10.0. The quantitative estimate of drug-likeness (QED) is 0.859.